The van der Waals surface area contributed by atoms with Crippen LogP contribution in [0.2, 0.25) is 0 Å². The lowest BCUT2D eigenvalue weighted by Crippen LogP contribution is -1.94. The van der Waals surface area contributed by atoms with Gasteiger partial charge >= 0.3 is 0 Å². The first-order valence-electron chi connectivity index (χ1n) is 4.21. The van der Waals surface area contributed by atoms with Gasteiger partial charge in [-0.15, -0.1) is 0 Å². The average molecular weight is 253 g/mol. The van der Waals surface area contributed by atoms with E-state index in [1.807, 2.05) is 26.1 Å². The van der Waals surface area contributed by atoms with E-state index in [-0.39, 0.29) is 0 Å². The Morgan fingerprint density at radius 1 is 1.50 bits per heavy atom. The number of hydrogen-bond donors (Lipinski definition) is 0. The molecule has 0 atom stereocenters. The third-order valence-electron chi connectivity index (χ3n) is 2.30. The molecule has 0 fully saturated rings. The van der Waals surface area contributed by atoms with Crippen LogP contribution in [0.4, 0.5) is 0 Å². The van der Waals surface area contributed by atoms with Crippen LogP contribution in [0.3, 0.4) is 0 Å². The number of imidazole rings is 1. The average Bonchev–Trinajstić information content (AvgIpc) is 2.45. The van der Waals surface area contributed by atoms with E-state index < -0.39 is 0 Å². The van der Waals surface area contributed by atoms with Gasteiger partial charge in [0, 0.05) is 11.5 Å². The quantitative estimate of drug-likeness (QED) is 0.731. The Morgan fingerprint density at radius 3 is 2.86 bits per heavy atom. The van der Waals surface area contributed by atoms with Gasteiger partial charge in [-0.05, 0) is 24.6 Å². The Labute approximate surface area is 89.9 Å². The smallest absolute Gasteiger partial charge is 0.185 e. The fourth-order valence-electron chi connectivity index (χ4n) is 1.44. The number of benzene rings is 1. The number of nitrogens with zero attached hydrogens (tertiary/aromatic N) is 2. The van der Waals surface area contributed by atoms with E-state index in [0.717, 1.165) is 27.4 Å². The minimum atomic E-state index is 0.456. The molecule has 0 spiro atoms. The second-order valence-corrected chi connectivity index (χ2v) is 4.09. The van der Waals surface area contributed by atoms with Crippen LogP contribution in [0.15, 0.2) is 16.6 Å². The molecule has 1 aromatic carbocycles. The summed E-state index contributed by atoms with van der Waals surface area (Å²) in [6.07, 6.45) is 0.767. The molecule has 1 heterocycles. The molecule has 4 heteroatoms. The van der Waals surface area contributed by atoms with E-state index in [2.05, 4.69) is 20.9 Å². The molecule has 0 bridgehead atoms. The predicted octanol–water partition coefficient (Wildman–Crippen LogP) is 2.46. The summed E-state index contributed by atoms with van der Waals surface area (Å²) in [6.45, 7) is 2.01. The molecule has 0 unspecified atom stereocenters. The minimum absolute atomic E-state index is 0.456. The molecule has 72 valence electrons. The number of aldehydes is 1. The summed E-state index contributed by atoms with van der Waals surface area (Å²) in [4.78, 5) is 14.9. The maximum Gasteiger partial charge on any atom is 0.185 e. The lowest BCUT2D eigenvalue weighted by Gasteiger charge is -1.99. The van der Waals surface area contributed by atoms with Crippen LogP contribution in [0.1, 0.15) is 16.2 Å². The van der Waals surface area contributed by atoms with Crippen molar-refractivity contribution in [3.63, 3.8) is 0 Å². The van der Waals surface area contributed by atoms with Gasteiger partial charge in [-0.3, -0.25) is 4.79 Å². The standard InChI is InChI=1S/C10H9BrN2O/c1-6-3-9-8(4-7(6)11)12-10(5-14)13(9)2/h3-5H,1-2H3. The maximum absolute atomic E-state index is 10.7. The highest BCUT2D eigenvalue weighted by Crippen LogP contribution is 2.23. The Morgan fingerprint density at radius 2 is 2.21 bits per heavy atom. The molecule has 0 aliphatic rings. The predicted molar refractivity (Wildman–Crippen MR) is 58.5 cm³/mol. The monoisotopic (exact) mass is 252 g/mol. The van der Waals surface area contributed by atoms with Crippen LogP contribution in [0, 0.1) is 6.92 Å². The van der Waals surface area contributed by atoms with Crippen molar-refractivity contribution in [1.29, 1.82) is 0 Å². The molecule has 1 aromatic heterocycles. The zero-order valence-corrected chi connectivity index (χ0v) is 9.50. The molecule has 2 rings (SSSR count). The van der Waals surface area contributed by atoms with Crippen molar-refractivity contribution in [2.75, 3.05) is 0 Å². The molecule has 0 saturated carbocycles. The molecule has 0 N–H and O–H groups in total. The number of rotatable bonds is 1. The van der Waals surface area contributed by atoms with Crippen molar-refractivity contribution < 1.29 is 4.79 Å². The number of hydrogen-bond acceptors (Lipinski definition) is 2. The van der Waals surface area contributed by atoms with Crippen LogP contribution < -0.4 is 0 Å². The van der Waals surface area contributed by atoms with Gasteiger partial charge in [-0.2, -0.15) is 0 Å². The number of fused-ring (bicyclic) bond motifs is 1. The zero-order valence-electron chi connectivity index (χ0n) is 7.91. The molecule has 14 heavy (non-hydrogen) atoms. The van der Waals surface area contributed by atoms with Crippen LogP contribution >= 0.6 is 15.9 Å². The second kappa shape index (κ2) is 3.20. The van der Waals surface area contributed by atoms with Crippen LogP contribution in [0.5, 0.6) is 0 Å². The fourth-order valence-corrected chi connectivity index (χ4v) is 1.77. The normalized spacial score (nSPS) is 10.8. The topological polar surface area (TPSA) is 34.9 Å². The fraction of sp³-hybridized carbons (Fsp3) is 0.200. The molecule has 3 nitrogen and oxygen atoms in total. The summed E-state index contributed by atoms with van der Waals surface area (Å²) in [5.74, 6) is 0.456. The molecule has 0 aliphatic carbocycles. The van der Waals surface area contributed by atoms with E-state index in [4.69, 9.17) is 0 Å². The van der Waals surface area contributed by atoms with Crippen molar-refractivity contribution in [3.05, 3.63) is 28.0 Å². The van der Waals surface area contributed by atoms with Gasteiger partial charge in [-0.1, -0.05) is 15.9 Å². The van der Waals surface area contributed by atoms with E-state index in [1.54, 1.807) is 4.57 Å². The summed E-state index contributed by atoms with van der Waals surface area (Å²) in [5, 5.41) is 0. The number of carbonyl (C=O) groups excluding carboxylic acids is 1. The van der Waals surface area contributed by atoms with E-state index >= 15 is 0 Å². The highest BCUT2D eigenvalue weighted by Gasteiger charge is 2.08. The van der Waals surface area contributed by atoms with Gasteiger partial charge in [-0.25, -0.2) is 4.98 Å². The molecule has 0 saturated heterocycles. The Balaban J connectivity index is 2.86. The zero-order chi connectivity index (χ0) is 10.3. The lowest BCUT2D eigenvalue weighted by molar-refractivity contribution is 0.111. The Hall–Kier alpha value is -1.16. The Bertz CT molecular complexity index is 516. The number of aryl methyl sites for hydroxylation is 2. The number of carbonyl (C=O) groups is 1. The van der Waals surface area contributed by atoms with Crippen molar-refractivity contribution >= 4 is 33.2 Å². The molecule has 0 amide bonds. The molecular weight excluding hydrogens is 244 g/mol. The highest BCUT2D eigenvalue weighted by molar-refractivity contribution is 9.10. The summed E-state index contributed by atoms with van der Waals surface area (Å²) in [5.41, 5.74) is 2.96. The number of halogens is 1. The van der Waals surface area contributed by atoms with Crippen molar-refractivity contribution in [2.45, 2.75) is 6.92 Å². The van der Waals surface area contributed by atoms with Gasteiger partial charge in [0.25, 0.3) is 0 Å². The summed E-state index contributed by atoms with van der Waals surface area (Å²) in [7, 11) is 1.84. The minimum Gasteiger partial charge on any atom is -0.325 e. The lowest BCUT2D eigenvalue weighted by atomic mass is 10.2. The third kappa shape index (κ3) is 1.26. The first-order chi connectivity index (χ1) is 6.63. The van der Waals surface area contributed by atoms with Crippen LogP contribution in [0.25, 0.3) is 11.0 Å². The van der Waals surface area contributed by atoms with E-state index in [0.29, 0.717) is 5.82 Å². The third-order valence-corrected chi connectivity index (χ3v) is 3.16. The highest BCUT2D eigenvalue weighted by atomic mass is 79.9. The summed E-state index contributed by atoms with van der Waals surface area (Å²) in [6, 6.07) is 3.94. The molecular formula is C10H9BrN2O. The van der Waals surface area contributed by atoms with Crippen molar-refractivity contribution in [2.24, 2.45) is 7.05 Å². The van der Waals surface area contributed by atoms with Crippen LogP contribution in [-0.4, -0.2) is 15.8 Å². The van der Waals surface area contributed by atoms with Crippen molar-refractivity contribution in [1.82, 2.24) is 9.55 Å². The number of aromatic nitrogens is 2. The van der Waals surface area contributed by atoms with E-state index in [1.165, 1.54) is 0 Å². The Kier molecular flexibility index (Phi) is 2.15. The SMILES string of the molecule is Cc1cc2c(cc1Br)nc(C=O)n2C. The second-order valence-electron chi connectivity index (χ2n) is 3.24. The summed E-state index contributed by atoms with van der Waals surface area (Å²) >= 11 is 3.43. The van der Waals surface area contributed by atoms with Gasteiger partial charge in [0.2, 0.25) is 0 Å². The maximum atomic E-state index is 10.7. The first kappa shape index (κ1) is 9.40. The molecule has 0 aliphatic heterocycles. The van der Waals surface area contributed by atoms with E-state index in [9.17, 15) is 4.79 Å². The first-order valence-corrected chi connectivity index (χ1v) is 5.00. The van der Waals surface area contributed by atoms with Gasteiger partial charge in [0.05, 0.1) is 11.0 Å². The van der Waals surface area contributed by atoms with Gasteiger partial charge in [0.15, 0.2) is 12.1 Å². The van der Waals surface area contributed by atoms with Gasteiger partial charge in [0.1, 0.15) is 0 Å². The summed E-state index contributed by atoms with van der Waals surface area (Å²) < 4.78 is 2.81. The molecule has 2 aromatic rings. The largest absolute Gasteiger partial charge is 0.325 e. The van der Waals surface area contributed by atoms with Gasteiger partial charge < -0.3 is 4.57 Å². The molecule has 0 radical (unpaired) electrons. The van der Waals surface area contributed by atoms with Crippen LogP contribution in [-0.2, 0) is 7.05 Å². The van der Waals surface area contributed by atoms with Crippen molar-refractivity contribution in [3.8, 4) is 0 Å².